The molecule has 0 fully saturated rings. The quantitative estimate of drug-likeness (QED) is 0.792. The van der Waals surface area contributed by atoms with Gasteiger partial charge in [0.2, 0.25) is 5.91 Å². The van der Waals surface area contributed by atoms with Gasteiger partial charge < -0.3 is 24.8 Å². The standard InChI is InChI=1S/C21H26N2O4/c1-25-18-10-14(4-6-17(18)22)5-7-21(24)23-9-8-15-11-19(26-2)20(27-3)12-16(15)13-23/h4,6,10-12H,5,7-9,13,22H2,1-3H3. The highest BCUT2D eigenvalue weighted by molar-refractivity contribution is 5.77. The van der Waals surface area contributed by atoms with E-state index in [0.29, 0.717) is 43.1 Å². The molecule has 0 spiro atoms. The number of rotatable bonds is 6. The summed E-state index contributed by atoms with van der Waals surface area (Å²) in [6.45, 7) is 1.31. The van der Waals surface area contributed by atoms with Gasteiger partial charge in [-0.15, -0.1) is 0 Å². The van der Waals surface area contributed by atoms with Crippen molar-refractivity contribution in [3.63, 3.8) is 0 Å². The third-order valence-corrected chi connectivity index (χ3v) is 5.00. The topological polar surface area (TPSA) is 74.0 Å². The molecule has 1 aliphatic rings. The number of nitrogen functional groups attached to an aromatic ring is 1. The van der Waals surface area contributed by atoms with Crippen LogP contribution >= 0.6 is 0 Å². The van der Waals surface area contributed by atoms with Crippen LogP contribution in [0.1, 0.15) is 23.1 Å². The highest BCUT2D eigenvalue weighted by atomic mass is 16.5. The van der Waals surface area contributed by atoms with E-state index in [1.54, 1.807) is 21.3 Å². The summed E-state index contributed by atoms with van der Waals surface area (Å²) in [7, 11) is 4.85. The van der Waals surface area contributed by atoms with Crippen LogP contribution < -0.4 is 19.9 Å². The van der Waals surface area contributed by atoms with E-state index in [-0.39, 0.29) is 5.91 Å². The Morgan fingerprint density at radius 3 is 2.33 bits per heavy atom. The van der Waals surface area contributed by atoms with Crippen molar-refractivity contribution in [1.82, 2.24) is 4.90 Å². The molecule has 0 aromatic heterocycles. The van der Waals surface area contributed by atoms with Crippen molar-refractivity contribution < 1.29 is 19.0 Å². The van der Waals surface area contributed by atoms with Crippen molar-refractivity contribution in [3.05, 3.63) is 47.0 Å². The number of carbonyl (C=O) groups is 1. The Balaban J connectivity index is 1.65. The van der Waals surface area contributed by atoms with Crippen LogP contribution in [0.2, 0.25) is 0 Å². The molecule has 1 aliphatic heterocycles. The minimum absolute atomic E-state index is 0.145. The summed E-state index contributed by atoms with van der Waals surface area (Å²) < 4.78 is 16.0. The summed E-state index contributed by atoms with van der Waals surface area (Å²) in [5.74, 6) is 2.21. The largest absolute Gasteiger partial charge is 0.495 e. The maximum atomic E-state index is 12.7. The molecule has 1 amide bonds. The number of anilines is 1. The molecule has 0 radical (unpaired) electrons. The van der Waals surface area contributed by atoms with E-state index in [4.69, 9.17) is 19.9 Å². The molecule has 0 bridgehead atoms. The fourth-order valence-corrected chi connectivity index (χ4v) is 3.42. The predicted molar refractivity (Wildman–Crippen MR) is 104 cm³/mol. The summed E-state index contributed by atoms with van der Waals surface area (Å²) in [4.78, 5) is 14.6. The SMILES string of the molecule is COc1cc(CCC(=O)N2CCc3cc(OC)c(OC)cc3C2)ccc1N. The van der Waals surface area contributed by atoms with Gasteiger partial charge in [-0.1, -0.05) is 6.07 Å². The Morgan fingerprint density at radius 1 is 1.00 bits per heavy atom. The lowest BCUT2D eigenvalue weighted by Gasteiger charge is -2.29. The first-order valence-corrected chi connectivity index (χ1v) is 8.99. The van der Waals surface area contributed by atoms with Crippen molar-refractivity contribution in [2.24, 2.45) is 0 Å². The Bertz CT molecular complexity index is 835. The zero-order valence-electron chi connectivity index (χ0n) is 16.1. The van der Waals surface area contributed by atoms with Crippen molar-refractivity contribution in [3.8, 4) is 17.2 Å². The number of nitrogens with zero attached hydrogens (tertiary/aromatic N) is 1. The van der Waals surface area contributed by atoms with Crippen molar-refractivity contribution in [2.75, 3.05) is 33.6 Å². The first kappa shape index (κ1) is 18.9. The molecule has 3 rings (SSSR count). The number of carbonyl (C=O) groups excluding carboxylic acids is 1. The van der Waals surface area contributed by atoms with E-state index in [0.717, 1.165) is 23.3 Å². The van der Waals surface area contributed by atoms with Crippen LogP contribution in [0.3, 0.4) is 0 Å². The molecule has 144 valence electrons. The molecule has 2 aromatic rings. The lowest BCUT2D eigenvalue weighted by Crippen LogP contribution is -2.36. The molecule has 6 heteroatoms. The number of benzene rings is 2. The molecule has 2 N–H and O–H groups in total. The second-order valence-corrected chi connectivity index (χ2v) is 6.62. The van der Waals surface area contributed by atoms with Crippen molar-refractivity contribution >= 4 is 11.6 Å². The first-order valence-electron chi connectivity index (χ1n) is 8.99. The molecule has 0 saturated heterocycles. The van der Waals surface area contributed by atoms with Gasteiger partial charge in [0.1, 0.15) is 5.75 Å². The van der Waals surface area contributed by atoms with Gasteiger partial charge in [0.05, 0.1) is 27.0 Å². The average Bonchev–Trinajstić information content (AvgIpc) is 2.71. The van der Waals surface area contributed by atoms with Gasteiger partial charge in [-0.05, 0) is 53.8 Å². The summed E-state index contributed by atoms with van der Waals surface area (Å²) in [6, 6.07) is 9.63. The van der Waals surface area contributed by atoms with E-state index in [1.807, 2.05) is 35.2 Å². The lowest BCUT2D eigenvalue weighted by atomic mass is 9.98. The fraction of sp³-hybridized carbons (Fsp3) is 0.381. The zero-order chi connectivity index (χ0) is 19.4. The Hall–Kier alpha value is -2.89. The van der Waals surface area contributed by atoms with Crippen LogP contribution in [-0.2, 0) is 24.2 Å². The third-order valence-electron chi connectivity index (χ3n) is 5.00. The number of nitrogens with two attached hydrogens (primary N) is 1. The number of aryl methyl sites for hydroxylation is 1. The number of hydrogen-bond acceptors (Lipinski definition) is 5. The van der Waals surface area contributed by atoms with Gasteiger partial charge >= 0.3 is 0 Å². The molecule has 27 heavy (non-hydrogen) atoms. The zero-order valence-corrected chi connectivity index (χ0v) is 16.1. The molecule has 0 aliphatic carbocycles. The van der Waals surface area contributed by atoms with Crippen LogP contribution in [0.5, 0.6) is 17.2 Å². The number of hydrogen-bond donors (Lipinski definition) is 1. The normalized spacial score (nSPS) is 13.1. The predicted octanol–water partition coefficient (Wildman–Crippen LogP) is 2.81. The van der Waals surface area contributed by atoms with Crippen LogP contribution in [0.25, 0.3) is 0 Å². The van der Waals surface area contributed by atoms with Crippen LogP contribution in [-0.4, -0.2) is 38.7 Å². The monoisotopic (exact) mass is 370 g/mol. The summed E-state index contributed by atoms with van der Waals surface area (Å²) in [5, 5.41) is 0. The molecule has 6 nitrogen and oxygen atoms in total. The van der Waals surface area contributed by atoms with Gasteiger partial charge in [0, 0.05) is 19.5 Å². The number of fused-ring (bicyclic) bond motifs is 1. The van der Waals surface area contributed by atoms with Gasteiger partial charge in [-0.2, -0.15) is 0 Å². The van der Waals surface area contributed by atoms with Crippen LogP contribution in [0.15, 0.2) is 30.3 Å². The Morgan fingerprint density at radius 2 is 1.67 bits per heavy atom. The number of methoxy groups -OCH3 is 3. The maximum Gasteiger partial charge on any atom is 0.223 e. The average molecular weight is 370 g/mol. The smallest absolute Gasteiger partial charge is 0.223 e. The van der Waals surface area contributed by atoms with Crippen molar-refractivity contribution in [2.45, 2.75) is 25.8 Å². The van der Waals surface area contributed by atoms with E-state index >= 15 is 0 Å². The van der Waals surface area contributed by atoms with Gasteiger partial charge in [-0.3, -0.25) is 4.79 Å². The van der Waals surface area contributed by atoms with Gasteiger partial charge in [-0.25, -0.2) is 0 Å². The molecular weight excluding hydrogens is 344 g/mol. The molecule has 2 aromatic carbocycles. The molecule has 0 saturated carbocycles. The lowest BCUT2D eigenvalue weighted by molar-refractivity contribution is -0.132. The molecule has 0 atom stereocenters. The van der Waals surface area contributed by atoms with E-state index in [1.165, 1.54) is 5.56 Å². The maximum absolute atomic E-state index is 12.7. The van der Waals surface area contributed by atoms with E-state index < -0.39 is 0 Å². The number of amides is 1. The third kappa shape index (κ3) is 4.10. The Labute approximate surface area is 159 Å². The highest BCUT2D eigenvalue weighted by Crippen LogP contribution is 2.33. The van der Waals surface area contributed by atoms with E-state index in [2.05, 4.69) is 0 Å². The fourth-order valence-electron chi connectivity index (χ4n) is 3.42. The van der Waals surface area contributed by atoms with Crippen LogP contribution in [0, 0.1) is 0 Å². The number of ether oxygens (including phenoxy) is 3. The second kappa shape index (κ2) is 8.20. The van der Waals surface area contributed by atoms with Crippen molar-refractivity contribution in [1.29, 1.82) is 0 Å². The minimum Gasteiger partial charge on any atom is -0.495 e. The Kier molecular flexibility index (Phi) is 5.74. The molecular formula is C21H26N2O4. The minimum atomic E-state index is 0.145. The van der Waals surface area contributed by atoms with Gasteiger partial charge in [0.25, 0.3) is 0 Å². The summed E-state index contributed by atoms with van der Waals surface area (Å²) in [5.41, 5.74) is 9.81. The summed E-state index contributed by atoms with van der Waals surface area (Å²) >= 11 is 0. The highest BCUT2D eigenvalue weighted by Gasteiger charge is 2.22. The molecule has 1 heterocycles. The summed E-state index contributed by atoms with van der Waals surface area (Å²) in [6.07, 6.45) is 1.93. The second-order valence-electron chi connectivity index (χ2n) is 6.62. The first-order chi connectivity index (χ1) is 13.0. The van der Waals surface area contributed by atoms with Crippen LogP contribution in [0.4, 0.5) is 5.69 Å². The molecule has 0 unspecified atom stereocenters. The van der Waals surface area contributed by atoms with E-state index in [9.17, 15) is 4.79 Å². The van der Waals surface area contributed by atoms with Gasteiger partial charge in [0.15, 0.2) is 11.5 Å².